The Morgan fingerprint density at radius 2 is 1.86 bits per heavy atom. The van der Waals surface area contributed by atoms with E-state index in [1.165, 1.54) is 0 Å². The van der Waals surface area contributed by atoms with Crippen LogP contribution >= 0.6 is 0 Å². The molecule has 0 aromatic heterocycles. The van der Waals surface area contributed by atoms with E-state index in [1.54, 1.807) is 18.2 Å². The van der Waals surface area contributed by atoms with E-state index >= 15 is 0 Å². The topological polar surface area (TPSA) is 69.6 Å². The normalized spacial score (nSPS) is 17.0. The van der Waals surface area contributed by atoms with E-state index in [-0.39, 0.29) is 5.91 Å². The summed E-state index contributed by atoms with van der Waals surface area (Å²) in [6.45, 7) is 0. The number of hydrogen-bond donors (Lipinski definition) is 2. The molecule has 0 aliphatic heterocycles. The van der Waals surface area contributed by atoms with Crippen molar-refractivity contribution in [1.29, 1.82) is 0 Å². The first kappa shape index (κ1) is 15.4. The average molecular weight is 290 g/mol. The molecule has 0 heterocycles. The summed E-state index contributed by atoms with van der Waals surface area (Å²) in [6.07, 6.45) is 3.71. The largest absolute Gasteiger partial charge is 0.480 e. The molecule has 1 amide bonds. The number of benzene rings is 1. The number of rotatable bonds is 4. The Bertz CT molecular complexity index is 534. The van der Waals surface area contributed by atoms with Crippen molar-refractivity contribution in [3.8, 4) is 0 Å². The molecule has 1 aliphatic carbocycles. The van der Waals surface area contributed by atoms with Crippen molar-refractivity contribution in [2.24, 2.45) is 0 Å². The molecule has 2 N–H and O–H groups in total. The Labute approximate surface area is 125 Å². The van der Waals surface area contributed by atoms with Crippen molar-refractivity contribution in [2.75, 3.05) is 19.0 Å². The third-order valence-electron chi connectivity index (χ3n) is 4.09. The van der Waals surface area contributed by atoms with Crippen LogP contribution in [0.15, 0.2) is 24.3 Å². The van der Waals surface area contributed by atoms with Crippen molar-refractivity contribution in [1.82, 2.24) is 5.32 Å². The van der Waals surface area contributed by atoms with Gasteiger partial charge in [0.1, 0.15) is 5.54 Å². The molecule has 0 unspecified atom stereocenters. The van der Waals surface area contributed by atoms with Gasteiger partial charge in [-0.15, -0.1) is 0 Å². The molecule has 1 saturated carbocycles. The molecule has 0 spiro atoms. The first-order valence-electron chi connectivity index (χ1n) is 7.28. The Morgan fingerprint density at radius 3 is 2.43 bits per heavy atom. The maximum absolute atomic E-state index is 12.4. The summed E-state index contributed by atoms with van der Waals surface area (Å²) in [5.74, 6) is -1.25. The summed E-state index contributed by atoms with van der Waals surface area (Å²) in [5, 5.41) is 12.3. The molecule has 5 nitrogen and oxygen atoms in total. The van der Waals surface area contributed by atoms with Gasteiger partial charge in [-0.2, -0.15) is 0 Å². The third kappa shape index (κ3) is 3.35. The molecular formula is C16H22N2O3. The highest BCUT2D eigenvalue weighted by Gasteiger charge is 2.41. The Kier molecular flexibility index (Phi) is 4.50. The van der Waals surface area contributed by atoms with Crippen molar-refractivity contribution in [3.63, 3.8) is 0 Å². The fraction of sp³-hybridized carbons (Fsp3) is 0.500. The van der Waals surface area contributed by atoms with Crippen LogP contribution in [0.4, 0.5) is 5.69 Å². The molecule has 1 aliphatic rings. The molecule has 0 atom stereocenters. The monoisotopic (exact) mass is 290 g/mol. The van der Waals surface area contributed by atoms with E-state index in [0.29, 0.717) is 18.4 Å². The number of carbonyl (C=O) groups excluding carboxylic acids is 1. The van der Waals surface area contributed by atoms with Crippen LogP contribution in [0, 0.1) is 0 Å². The zero-order valence-electron chi connectivity index (χ0n) is 12.6. The number of hydrogen-bond acceptors (Lipinski definition) is 3. The number of carboxylic acids is 1. The fourth-order valence-corrected chi connectivity index (χ4v) is 2.76. The van der Waals surface area contributed by atoms with Crippen LogP contribution in [0.3, 0.4) is 0 Å². The van der Waals surface area contributed by atoms with Gasteiger partial charge < -0.3 is 15.3 Å². The van der Waals surface area contributed by atoms with Crippen molar-refractivity contribution < 1.29 is 14.7 Å². The standard InChI is InChI=1S/C16H22N2O3/c1-18(2)13-8-6-7-12(11-13)14(19)17-16(15(20)21)9-4-3-5-10-16/h6-8,11H,3-5,9-10H2,1-2H3,(H,17,19)(H,20,21). The zero-order valence-corrected chi connectivity index (χ0v) is 12.6. The fourth-order valence-electron chi connectivity index (χ4n) is 2.76. The van der Waals surface area contributed by atoms with Gasteiger partial charge in [0.15, 0.2) is 0 Å². The number of nitrogens with zero attached hydrogens (tertiary/aromatic N) is 1. The lowest BCUT2D eigenvalue weighted by atomic mass is 9.81. The summed E-state index contributed by atoms with van der Waals surface area (Å²) in [5.41, 5.74) is 0.298. The van der Waals surface area contributed by atoms with E-state index < -0.39 is 11.5 Å². The van der Waals surface area contributed by atoms with Gasteiger partial charge >= 0.3 is 5.97 Å². The highest BCUT2D eigenvalue weighted by molar-refractivity contribution is 5.98. The minimum atomic E-state index is -1.11. The van der Waals surface area contributed by atoms with Gasteiger partial charge in [0, 0.05) is 25.3 Å². The molecule has 21 heavy (non-hydrogen) atoms. The smallest absolute Gasteiger partial charge is 0.329 e. The molecule has 0 bridgehead atoms. The van der Waals surface area contributed by atoms with Crippen LogP contribution < -0.4 is 10.2 Å². The minimum absolute atomic E-state index is 0.317. The second-order valence-corrected chi connectivity index (χ2v) is 5.85. The van der Waals surface area contributed by atoms with Crippen LogP contribution in [-0.2, 0) is 4.79 Å². The summed E-state index contributed by atoms with van der Waals surface area (Å²) < 4.78 is 0. The van der Waals surface area contributed by atoms with Crippen LogP contribution in [0.2, 0.25) is 0 Å². The number of carbonyl (C=O) groups is 2. The number of aliphatic carboxylic acids is 1. The third-order valence-corrected chi connectivity index (χ3v) is 4.09. The summed E-state index contributed by atoms with van der Waals surface area (Å²) in [7, 11) is 3.80. The minimum Gasteiger partial charge on any atom is -0.480 e. The van der Waals surface area contributed by atoms with Gasteiger partial charge in [0.25, 0.3) is 5.91 Å². The van der Waals surface area contributed by atoms with Crippen LogP contribution in [-0.4, -0.2) is 36.6 Å². The first-order valence-corrected chi connectivity index (χ1v) is 7.28. The van der Waals surface area contributed by atoms with Gasteiger partial charge in [-0.1, -0.05) is 25.3 Å². The zero-order chi connectivity index (χ0) is 15.5. The van der Waals surface area contributed by atoms with Crippen molar-refractivity contribution in [2.45, 2.75) is 37.6 Å². The average Bonchev–Trinajstić information content (AvgIpc) is 2.48. The number of nitrogens with one attached hydrogen (secondary N) is 1. The van der Waals surface area contributed by atoms with Crippen LogP contribution in [0.5, 0.6) is 0 Å². The molecule has 1 fully saturated rings. The van der Waals surface area contributed by atoms with Gasteiger partial charge in [0.2, 0.25) is 0 Å². The summed E-state index contributed by atoms with van der Waals surface area (Å²) in [4.78, 5) is 25.9. The van der Waals surface area contributed by atoms with E-state index in [1.807, 2.05) is 25.1 Å². The molecule has 5 heteroatoms. The van der Waals surface area contributed by atoms with E-state index in [0.717, 1.165) is 24.9 Å². The molecular weight excluding hydrogens is 268 g/mol. The van der Waals surface area contributed by atoms with Gasteiger partial charge in [-0.3, -0.25) is 4.79 Å². The highest BCUT2D eigenvalue weighted by atomic mass is 16.4. The Hall–Kier alpha value is -2.04. The quantitative estimate of drug-likeness (QED) is 0.892. The van der Waals surface area contributed by atoms with E-state index in [9.17, 15) is 14.7 Å². The molecule has 0 radical (unpaired) electrons. The van der Waals surface area contributed by atoms with E-state index in [4.69, 9.17) is 0 Å². The van der Waals surface area contributed by atoms with Crippen LogP contribution in [0.25, 0.3) is 0 Å². The predicted molar refractivity (Wildman–Crippen MR) is 81.7 cm³/mol. The predicted octanol–water partition coefficient (Wildman–Crippen LogP) is 2.27. The second-order valence-electron chi connectivity index (χ2n) is 5.85. The van der Waals surface area contributed by atoms with Gasteiger partial charge in [-0.05, 0) is 31.0 Å². The maximum Gasteiger partial charge on any atom is 0.329 e. The second kappa shape index (κ2) is 6.16. The molecule has 114 valence electrons. The number of carboxylic acid groups (broad SMARTS) is 1. The van der Waals surface area contributed by atoms with Crippen molar-refractivity contribution >= 4 is 17.6 Å². The SMILES string of the molecule is CN(C)c1cccc(C(=O)NC2(C(=O)O)CCCCC2)c1. The van der Waals surface area contributed by atoms with Gasteiger partial charge in [-0.25, -0.2) is 4.79 Å². The van der Waals surface area contributed by atoms with Crippen LogP contribution in [0.1, 0.15) is 42.5 Å². The maximum atomic E-state index is 12.4. The summed E-state index contributed by atoms with van der Waals surface area (Å²) in [6, 6.07) is 7.19. The molecule has 1 aromatic rings. The van der Waals surface area contributed by atoms with Gasteiger partial charge in [0.05, 0.1) is 0 Å². The molecule has 0 saturated heterocycles. The van der Waals surface area contributed by atoms with E-state index in [2.05, 4.69) is 5.32 Å². The number of anilines is 1. The Balaban J connectivity index is 2.19. The lowest BCUT2D eigenvalue weighted by Gasteiger charge is -2.34. The number of amides is 1. The first-order chi connectivity index (χ1) is 9.94. The molecule has 1 aromatic carbocycles. The molecule has 2 rings (SSSR count). The Morgan fingerprint density at radius 1 is 1.19 bits per heavy atom. The van der Waals surface area contributed by atoms with Crippen molar-refractivity contribution in [3.05, 3.63) is 29.8 Å². The lowest BCUT2D eigenvalue weighted by Crippen LogP contribution is -2.55. The lowest BCUT2D eigenvalue weighted by molar-refractivity contribution is -0.145. The highest BCUT2D eigenvalue weighted by Crippen LogP contribution is 2.29. The summed E-state index contributed by atoms with van der Waals surface area (Å²) >= 11 is 0.